The van der Waals surface area contributed by atoms with E-state index in [9.17, 15) is 13.2 Å². The van der Waals surface area contributed by atoms with Gasteiger partial charge in [0.1, 0.15) is 0 Å². The van der Waals surface area contributed by atoms with Gasteiger partial charge in [-0.15, -0.1) is 0 Å². The van der Waals surface area contributed by atoms with E-state index in [1.807, 2.05) is 4.90 Å². The summed E-state index contributed by atoms with van der Waals surface area (Å²) < 4.78 is 28.9. The summed E-state index contributed by atoms with van der Waals surface area (Å²) in [6.07, 6.45) is 12.3. The van der Waals surface area contributed by atoms with Crippen molar-refractivity contribution in [1.82, 2.24) is 18.8 Å². The largest absolute Gasteiger partial charge is 0.341 e. The zero-order valence-electron chi connectivity index (χ0n) is 17.3. The van der Waals surface area contributed by atoms with E-state index < -0.39 is 10.0 Å². The molecule has 5 aliphatic rings. The number of rotatable bonds is 4. The van der Waals surface area contributed by atoms with Gasteiger partial charge in [0.25, 0.3) is 10.0 Å². The third kappa shape index (κ3) is 3.63. The number of carbonyl (C=O) groups is 1. The van der Waals surface area contributed by atoms with Crippen LogP contribution in [0.25, 0.3) is 0 Å². The summed E-state index contributed by atoms with van der Waals surface area (Å²) in [4.78, 5) is 19.2. The molecule has 0 N–H and O–H groups in total. The molecule has 2 heterocycles. The molecule has 1 aromatic heterocycles. The average Bonchev–Trinajstić information content (AvgIpc) is 2.93. The van der Waals surface area contributed by atoms with Gasteiger partial charge in [0.2, 0.25) is 5.91 Å². The van der Waals surface area contributed by atoms with Crippen molar-refractivity contribution in [1.29, 1.82) is 0 Å². The molecular formula is C21H32N4O3S. The van der Waals surface area contributed by atoms with Crippen molar-refractivity contribution < 1.29 is 13.2 Å². The summed E-state index contributed by atoms with van der Waals surface area (Å²) in [5, 5.41) is 0.0911. The van der Waals surface area contributed by atoms with Gasteiger partial charge in [-0.3, -0.25) is 4.79 Å². The van der Waals surface area contributed by atoms with Crippen molar-refractivity contribution in [2.45, 2.75) is 56.4 Å². The minimum absolute atomic E-state index is 0.0911. The smallest absolute Gasteiger partial charge is 0.262 e. The summed E-state index contributed by atoms with van der Waals surface area (Å²) in [7, 11) is -1.83. The molecule has 0 aromatic carbocycles. The summed E-state index contributed by atoms with van der Waals surface area (Å²) in [5.74, 6) is 2.77. The minimum Gasteiger partial charge on any atom is -0.341 e. The molecule has 29 heavy (non-hydrogen) atoms. The second kappa shape index (κ2) is 7.08. The first-order chi connectivity index (χ1) is 13.8. The van der Waals surface area contributed by atoms with E-state index in [1.165, 1.54) is 55.4 Å². The quantitative estimate of drug-likeness (QED) is 0.749. The topological polar surface area (TPSA) is 75.5 Å². The van der Waals surface area contributed by atoms with Gasteiger partial charge in [-0.2, -0.15) is 4.31 Å². The number of aryl methyl sites for hydroxylation is 1. The summed E-state index contributed by atoms with van der Waals surface area (Å²) in [6.45, 7) is 1.93. The molecule has 4 aliphatic carbocycles. The van der Waals surface area contributed by atoms with Crippen molar-refractivity contribution >= 4 is 15.9 Å². The van der Waals surface area contributed by atoms with E-state index in [-0.39, 0.29) is 16.3 Å². The number of aromatic nitrogens is 2. The van der Waals surface area contributed by atoms with Crippen molar-refractivity contribution in [3.8, 4) is 0 Å². The maximum atomic E-state index is 13.2. The van der Waals surface area contributed by atoms with E-state index in [0.717, 1.165) is 17.8 Å². The zero-order valence-corrected chi connectivity index (χ0v) is 18.1. The average molecular weight is 421 g/mol. The Morgan fingerprint density at radius 1 is 1.07 bits per heavy atom. The lowest BCUT2D eigenvalue weighted by Crippen LogP contribution is -2.48. The number of sulfonamides is 1. The minimum atomic E-state index is -3.59. The molecule has 1 amide bonds. The van der Waals surface area contributed by atoms with Crippen LogP contribution in [0.2, 0.25) is 0 Å². The van der Waals surface area contributed by atoms with Crippen molar-refractivity contribution in [2.24, 2.45) is 30.2 Å². The van der Waals surface area contributed by atoms with Crippen LogP contribution in [0.1, 0.15) is 51.4 Å². The molecule has 0 unspecified atom stereocenters. The molecular weight excluding hydrogens is 388 g/mol. The fraction of sp³-hybridized carbons (Fsp3) is 0.810. The predicted molar refractivity (Wildman–Crippen MR) is 108 cm³/mol. The molecule has 1 aliphatic heterocycles. The number of amides is 1. The molecule has 7 nitrogen and oxygen atoms in total. The highest BCUT2D eigenvalue weighted by Gasteiger charge is 2.51. The lowest BCUT2D eigenvalue weighted by atomic mass is 9.49. The third-order valence-corrected chi connectivity index (χ3v) is 9.57. The highest BCUT2D eigenvalue weighted by molar-refractivity contribution is 7.89. The van der Waals surface area contributed by atoms with Crippen LogP contribution in [-0.2, 0) is 21.9 Å². The van der Waals surface area contributed by atoms with Crippen molar-refractivity contribution in [3.05, 3.63) is 12.5 Å². The van der Waals surface area contributed by atoms with Gasteiger partial charge in [0.05, 0.1) is 6.33 Å². The molecule has 1 aromatic rings. The molecule has 0 radical (unpaired) electrons. The number of imidazole rings is 1. The molecule has 6 rings (SSSR count). The SMILES string of the molecule is Cn1cnc(S(=O)(=O)N2CCCN(C(=O)CC34CC5CC(CC(C5)C3)C4)CC2)c1. The molecule has 0 spiro atoms. The Balaban J connectivity index is 1.24. The van der Waals surface area contributed by atoms with E-state index >= 15 is 0 Å². The first-order valence-electron chi connectivity index (χ1n) is 11.1. The monoisotopic (exact) mass is 420 g/mol. The van der Waals surface area contributed by atoms with Crippen LogP contribution >= 0.6 is 0 Å². The van der Waals surface area contributed by atoms with Gasteiger partial charge in [-0.1, -0.05) is 0 Å². The molecule has 8 heteroatoms. The first-order valence-corrected chi connectivity index (χ1v) is 12.5. The molecule has 4 saturated carbocycles. The fourth-order valence-corrected chi connectivity index (χ4v) is 8.41. The van der Waals surface area contributed by atoms with Crippen molar-refractivity contribution in [3.63, 3.8) is 0 Å². The molecule has 4 bridgehead atoms. The van der Waals surface area contributed by atoms with Crippen LogP contribution in [0.5, 0.6) is 0 Å². The zero-order chi connectivity index (χ0) is 20.2. The second-order valence-corrected chi connectivity index (χ2v) is 12.0. The van der Waals surface area contributed by atoms with Crippen LogP contribution in [-0.4, -0.2) is 59.3 Å². The second-order valence-electron chi connectivity index (χ2n) is 10.1. The standard InChI is InChI=1S/C21H32N4O3S/c1-23-14-19(22-15-23)29(27,28)25-4-2-3-24(5-6-25)20(26)13-21-10-16-7-17(11-21)9-18(8-16)12-21/h14-18H,2-13H2,1H3. The predicted octanol–water partition coefficient (Wildman–Crippen LogP) is 2.25. The Morgan fingerprint density at radius 2 is 1.72 bits per heavy atom. The lowest BCUT2D eigenvalue weighted by molar-refractivity contribution is -0.139. The Morgan fingerprint density at radius 3 is 2.31 bits per heavy atom. The van der Waals surface area contributed by atoms with Gasteiger partial charge in [-0.05, 0) is 68.1 Å². The molecule has 0 atom stereocenters. The number of carbonyl (C=O) groups excluding carboxylic acids is 1. The van der Waals surface area contributed by atoms with E-state index in [4.69, 9.17) is 0 Å². The van der Waals surface area contributed by atoms with Crippen molar-refractivity contribution in [2.75, 3.05) is 26.2 Å². The Bertz CT molecular complexity index is 858. The summed E-state index contributed by atoms with van der Waals surface area (Å²) in [5.41, 5.74) is 0.234. The maximum Gasteiger partial charge on any atom is 0.262 e. The summed E-state index contributed by atoms with van der Waals surface area (Å²) in [6, 6.07) is 0. The van der Waals surface area contributed by atoms with Crippen LogP contribution in [0.15, 0.2) is 17.6 Å². The normalized spacial score (nSPS) is 35.1. The molecule has 5 fully saturated rings. The first kappa shape index (κ1) is 19.5. The van der Waals surface area contributed by atoms with E-state index in [2.05, 4.69) is 4.98 Å². The fourth-order valence-electron chi connectivity index (χ4n) is 6.98. The number of hydrogen-bond acceptors (Lipinski definition) is 4. The van der Waals surface area contributed by atoms with Gasteiger partial charge in [0, 0.05) is 45.8 Å². The Kier molecular flexibility index (Phi) is 4.77. The number of hydrogen-bond donors (Lipinski definition) is 0. The molecule has 1 saturated heterocycles. The van der Waals surface area contributed by atoms with Crippen LogP contribution < -0.4 is 0 Å². The van der Waals surface area contributed by atoms with Gasteiger partial charge >= 0.3 is 0 Å². The van der Waals surface area contributed by atoms with E-state index in [1.54, 1.807) is 11.6 Å². The van der Waals surface area contributed by atoms with Gasteiger partial charge < -0.3 is 9.47 Å². The number of nitrogens with zero attached hydrogens (tertiary/aromatic N) is 4. The van der Waals surface area contributed by atoms with Crippen LogP contribution in [0.4, 0.5) is 0 Å². The van der Waals surface area contributed by atoms with Crippen LogP contribution in [0.3, 0.4) is 0 Å². The third-order valence-electron chi connectivity index (χ3n) is 7.78. The lowest BCUT2D eigenvalue weighted by Gasteiger charge is -2.57. The Labute approximate surface area is 173 Å². The van der Waals surface area contributed by atoms with Gasteiger partial charge in [-0.25, -0.2) is 13.4 Å². The highest BCUT2D eigenvalue weighted by atomic mass is 32.2. The summed E-state index contributed by atoms with van der Waals surface area (Å²) >= 11 is 0. The maximum absolute atomic E-state index is 13.2. The van der Waals surface area contributed by atoms with E-state index in [0.29, 0.717) is 39.0 Å². The molecule has 160 valence electrons. The Hall–Kier alpha value is -1.41. The van der Waals surface area contributed by atoms with Gasteiger partial charge in [0.15, 0.2) is 5.03 Å². The van der Waals surface area contributed by atoms with Crippen LogP contribution in [0, 0.1) is 23.2 Å². The highest BCUT2D eigenvalue weighted by Crippen LogP contribution is 2.61.